The number of rotatable bonds is 6. The minimum atomic E-state index is 0.410. The summed E-state index contributed by atoms with van der Waals surface area (Å²) in [4.78, 5) is 9.62. The van der Waals surface area contributed by atoms with Crippen LogP contribution in [0.4, 0.5) is 0 Å². The summed E-state index contributed by atoms with van der Waals surface area (Å²) in [5, 5.41) is 3.33. The van der Waals surface area contributed by atoms with Gasteiger partial charge in [-0.2, -0.15) is 0 Å². The van der Waals surface area contributed by atoms with Crippen LogP contribution in [-0.4, -0.2) is 60.6 Å². The van der Waals surface area contributed by atoms with E-state index < -0.39 is 0 Å². The number of benzene rings is 1. The summed E-state index contributed by atoms with van der Waals surface area (Å²) in [6.07, 6.45) is 3.69. The van der Waals surface area contributed by atoms with Crippen LogP contribution in [0.25, 0.3) is 0 Å². The molecule has 0 bridgehead atoms. The Bertz CT molecular complexity index is 585. The molecule has 0 aliphatic carbocycles. The third-order valence-corrected chi connectivity index (χ3v) is 5.73. The van der Waals surface area contributed by atoms with Crippen LogP contribution in [0.5, 0.6) is 0 Å². The van der Waals surface area contributed by atoms with Gasteiger partial charge < -0.3 is 11.1 Å². The predicted octanol–water partition coefficient (Wildman–Crippen LogP) is 1.82. The first kappa shape index (κ1) is 18.2. The molecule has 0 spiro atoms. The number of hydrogen-bond acceptors (Lipinski definition) is 3. The Hall–Kier alpha value is -1.59. The second-order valence-corrected chi connectivity index (χ2v) is 7.37. The number of guanidine groups is 1. The van der Waals surface area contributed by atoms with Gasteiger partial charge in [-0.25, -0.2) is 0 Å². The van der Waals surface area contributed by atoms with Gasteiger partial charge in [0.15, 0.2) is 5.96 Å². The first-order valence-electron chi connectivity index (χ1n) is 9.76. The highest BCUT2D eigenvalue weighted by Crippen LogP contribution is 2.20. The summed E-state index contributed by atoms with van der Waals surface area (Å²) in [7, 11) is 0. The lowest BCUT2D eigenvalue weighted by atomic mass is 9.99. The molecule has 138 valence electrons. The number of aliphatic imine (C=N–C) groups is 1. The van der Waals surface area contributed by atoms with E-state index in [0.29, 0.717) is 18.0 Å². The van der Waals surface area contributed by atoms with E-state index >= 15 is 0 Å². The smallest absolute Gasteiger partial charge is 0.188 e. The molecule has 0 radical (unpaired) electrons. The number of nitrogens with zero attached hydrogens (tertiary/aromatic N) is 3. The molecule has 2 aliphatic heterocycles. The van der Waals surface area contributed by atoms with Crippen LogP contribution < -0.4 is 11.1 Å². The van der Waals surface area contributed by atoms with Gasteiger partial charge in [0.25, 0.3) is 0 Å². The first-order valence-corrected chi connectivity index (χ1v) is 9.76. The second kappa shape index (κ2) is 8.68. The molecule has 2 aliphatic rings. The van der Waals surface area contributed by atoms with Crippen LogP contribution in [0.1, 0.15) is 37.8 Å². The van der Waals surface area contributed by atoms with Crippen LogP contribution in [0, 0.1) is 0 Å². The Morgan fingerprint density at radius 3 is 2.92 bits per heavy atom. The van der Waals surface area contributed by atoms with E-state index in [-0.39, 0.29) is 0 Å². The molecular formula is C20H33N5. The zero-order valence-corrected chi connectivity index (χ0v) is 15.7. The molecule has 2 unspecified atom stereocenters. The Labute approximate surface area is 152 Å². The van der Waals surface area contributed by atoms with Crippen molar-refractivity contribution in [2.75, 3.05) is 32.7 Å². The third kappa shape index (κ3) is 4.73. The van der Waals surface area contributed by atoms with Gasteiger partial charge in [-0.15, -0.1) is 0 Å². The van der Waals surface area contributed by atoms with Gasteiger partial charge in [0.1, 0.15) is 0 Å². The highest BCUT2D eigenvalue weighted by Gasteiger charge is 2.23. The van der Waals surface area contributed by atoms with Crippen LogP contribution in [0.15, 0.2) is 29.3 Å². The minimum absolute atomic E-state index is 0.410. The van der Waals surface area contributed by atoms with E-state index in [1.54, 1.807) is 0 Å². The summed E-state index contributed by atoms with van der Waals surface area (Å²) in [6, 6.07) is 9.78. The van der Waals surface area contributed by atoms with Gasteiger partial charge in [-0.1, -0.05) is 31.2 Å². The van der Waals surface area contributed by atoms with Gasteiger partial charge in [-0.05, 0) is 50.4 Å². The van der Waals surface area contributed by atoms with Crippen molar-refractivity contribution in [3.63, 3.8) is 0 Å². The summed E-state index contributed by atoms with van der Waals surface area (Å²) in [6.45, 7) is 10.6. The van der Waals surface area contributed by atoms with Crippen molar-refractivity contribution in [2.45, 2.75) is 51.7 Å². The van der Waals surface area contributed by atoms with Gasteiger partial charge in [0, 0.05) is 31.7 Å². The molecule has 3 rings (SSSR count). The van der Waals surface area contributed by atoms with Crippen LogP contribution >= 0.6 is 0 Å². The predicted molar refractivity (Wildman–Crippen MR) is 105 cm³/mol. The van der Waals surface area contributed by atoms with E-state index in [0.717, 1.165) is 39.1 Å². The lowest BCUT2D eigenvalue weighted by Crippen LogP contribution is -2.44. The first-order chi connectivity index (χ1) is 12.2. The lowest BCUT2D eigenvalue weighted by molar-refractivity contribution is 0.195. The molecule has 1 aromatic rings. The summed E-state index contributed by atoms with van der Waals surface area (Å²) >= 11 is 0. The van der Waals surface area contributed by atoms with Gasteiger partial charge in [0.05, 0.1) is 6.54 Å². The quantitative estimate of drug-likeness (QED) is 0.611. The molecule has 5 nitrogen and oxygen atoms in total. The number of nitrogens with two attached hydrogens (primary N) is 1. The Balaban J connectivity index is 1.45. The average Bonchev–Trinajstić information content (AvgIpc) is 3.11. The van der Waals surface area contributed by atoms with Crippen LogP contribution in [-0.2, 0) is 13.0 Å². The lowest BCUT2D eigenvalue weighted by Gasteiger charge is -2.33. The van der Waals surface area contributed by atoms with Crippen molar-refractivity contribution >= 4 is 5.96 Å². The van der Waals surface area contributed by atoms with E-state index in [1.807, 2.05) is 0 Å². The van der Waals surface area contributed by atoms with Crippen molar-refractivity contribution in [1.82, 2.24) is 15.1 Å². The molecule has 5 heteroatoms. The van der Waals surface area contributed by atoms with Crippen LogP contribution in [0.2, 0.25) is 0 Å². The fraction of sp³-hybridized carbons (Fsp3) is 0.650. The molecule has 3 N–H and O–H groups in total. The molecule has 2 heterocycles. The highest BCUT2D eigenvalue weighted by molar-refractivity contribution is 5.77. The molecule has 1 saturated heterocycles. The molecule has 2 atom stereocenters. The zero-order chi connectivity index (χ0) is 17.6. The van der Waals surface area contributed by atoms with Crippen molar-refractivity contribution in [1.29, 1.82) is 0 Å². The molecular weight excluding hydrogens is 310 g/mol. The Morgan fingerprint density at radius 2 is 2.12 bits per heavy atom. The van der Waals surface area contributed by atoms with Gasteiger partial charge >= 0.3 is 0 Å². The Morgan fingerprint density at radius 1 is 1.32 bits per heavy atom. The number of fused-ring (bicyclic) bond motifs is 1. The van der Waals surface area contributed by atoms with Crippen molar-refractivity contribution in [3.05, 3.63) is 35.4 Å². The number of likely N-dealkylation sites (N-methyl/N-ethyl adjacent to an activating group) is 1. The molecule has 0 amide bonds. The highest BCUT2D eigenvalue weighted by atomic mass is 15.2. The summed E-state index contributed by atoms with van der Waals surface area (Å²) in [5.74, 6) is 0.590. The number of nitrogens with one attached hydrogen (secondary N) is 1. The number of likely N-dealkylation sites (tertiary alicyclic amines) is 1. The van der Waals surface area contributed by atoms with Crippen LogP contribution in [0.3, 0.4) is 0 Å². The van der Waals surface area contributed by atoms with Gasteiger partial charge in [0.2, 0.25) is 0 Å². The minimum Gasteiger partial charge on any atom is -0.370 e. The number of hydrogen-bond donors (Lipinski definition) is 2. The summed E-state index contributed by atoms with van der Waals surface area (Å²) in [5.41, 5.74) is 9.04. The fourth-order valence-electron chi connectivity index (χ4n) is 4.06. The molecule has 25 heavy (non-hydrogen) atoms. The Kier molecular flexibility index (Phi) is 6.32. The normalized spacial score (nSPS) is 23.4. The second-order valence-electron chi connectivity index (χ2n) is 7.37. The van der Waals surface area contributed by atoms with E-state index in [4.69, 9.17) is 5.73 Å². The average molecular weight is 344 g/mol. The third-order valence-electron chi connectivity index (χ3n) is 5.73. The largest absolute Gasteiger partial charge is 0.370 e. The SMILES string of the molecule is CCN1CCCC1CNC(N)=NCC(C)N1CCc2ccccc2C1. The maximum Gasteiger partial charge on any atom is 0.188 e. The topological polar surface area (TPSA) is 56.9 Å². The molecule has 0 saturated carbocycles. The van der Waals surface area contributed by atoms with Crippen molar-refractivity contribution in [2.24, 2.45) is 10.7 Å². The molecule has 0 aromatic heterocycles. The molecule has 1 aromatic carbocycles. The standard InChI is InChI=1S/C20H33N5/c1-3-24-11-6-9-19(24)14-23-20(21)22-13-16(2)25-12-10-17-7-4-5-8-18(17)15-25/h4-5,7-8,16,19H,3,6,9-15H2,1-2H3,(H3,21,22,23). The monoisotopic (exact) mass is 343 g/mol. The van der Waals surface area contributed by atoms with E-state index in [2.05, 4.69) is 58.2 Å². The van der Waals surface area contributed by atoms with E-state index in [1.165, 1.54) is 30.5 Å². The maximum atomic E-state index is 6.09. The maximum absolute atomic E-state index is 6.09. The van der Waals surface area contributed by atoms with E-state index in [9.17, 15) is 0 Å². The van der Waals surface area contributed by atoms with Gasteiger partial charge in [-0.3, -0.25) is 14.8 Å². The zero-order valence-electron chi connectivity index (χ0n) is 15.7. The molecule has 1 fully saturated rings. The van der Waals surface area contributed by atoms with Crippen molar-refractivity contribution in [3.8, 4) is 0 Å². The fourth-order valence-corrected chi connectivity index (χ4v) is 4.06. The summed E-state index contributed by atoms with van der Waals surface area (Å²) < 4.78 is 0. The van der Waals surface area contributed by atoms with Crippen molar-refractivity contribution < 1.29 is 0 Å².